The normalized spacial score (nSPS) is 17.8. The van der Waals surface area contributed by atoms with Gasteiger partial charge in [-0.25, -0.2) is 0 Å². The van der Waals surface area contributed by atoms with Crippen molar-refractivity contribution >= 4 is 17.2 Å². The second-order valence-corrected chi connectivity index (χ2v) is 7.73. The summed E-state index contributed by atoms with van der Waals surface area (Å²) in [6.45, 7) is 11.5. The lowest BCUT2D eigenvalue weighted by molar-refractivity contribution is -0.130. The van der Waals surface area contributed by atoms with E-state index < -0.39 is 0 Å². The Labute approximate surface area is 132 Å². The van der Waals surface area contributed by atoms with Gasteiger partial charge in [-0.1, -0.05) is 6.07 Å². The lowest BCUT2D eigenvalue weighted by Crippen LogP contribution is -2.45. The number of rotatable bonds is 4. The molecule has 0 bridgehead atoms. The molecule has 2 heterocycles. The molecule has 1 saturated heterocycles. The average Bonchev–Trinajstić information content (AvgIpc) is 2.80. The first kappa shape index (κ1) is 16.5. The van der Waals surface area contributed by atoms with E-state index in [-0.39, 0.29) is 11.4 Å². The number of carbonyl (C=O) groups is 1. The summed E-state index contributed by atoms with van der Waals surface area (Å²) in [6, 6.07) is 4.29. The van der Waals surface area contributed by atoms with Gasteiger partial charge in [-0.15, -0.1) is 11.3 Å². The van der Waals surface area contributed by atoms with Crippen molar-refractivity contribution in [2.24, 2.45) is 0 Å². The van der Waals surface area contributed by atoms with Crippen molar-refractivity contribution < 1.29 is 4.79 Å². The number of hydrogen-bond acceptors (Lipinski definition) is 4. The van der Waals surface area contributed by atoms with Gasteiger partial charge in [0.15, 0.2) is 0 Å². The molecule has 0 spiro atoms. The number of hydrogen-bond donors (Lipinski definition) is 1. The maximum absolute atomic E-state index is 12.3. The third-order valence-corrected chi connectivity index (χ3v) is 4.53. The monoisotopic (exact) mass is 309 g/mol. The minimum absolute atomic E-state index is 0.00723. The molecule has 0 aliphatic carbocycles. The van der Waals surface area contributed by atoms with E-state index in [2.05, 4.69) is 48.5 Å². The molecule has 0 unspecified atom stereocenters. The van der Waals surface area contributed by atoms with Crippen LogP contribution in [0.2, 0.25) is 0 Å². The Morgan fingerprint density at radius 3 is 2.76 bits per heavy atom. The zero-order valence-electron chi connectivity index (χ0n) is 13.4. The van der Waals surface area contributed by atoms with E-state index in [4.69, 9.17) is 0 Å². The number of nitrogens with one attached hydrogen (secondary N) is 1. The topological polar surface area (TPSA) is 35.6 Å². The quantitative estimate of drug-likeness (QED) is 0.926. The molecule has 0 saturated carbocycles. The maximum atomic E-state index is 12.3. The van der Waals surface area contributed by atoms with Gasteiger partial charge in [-0.05, 0) is 38.6 Å². The minimum Gasteiger partial charge on any atom is -0.340 e. The van der Waals surface area contributed by atoms with Crippen LogP contribution in [0.3, 0.4) is 0 Å². The van der Waals surface area contributed by atoms with Gasteiger partial charge in [0.2, 0.25) is 5.91 Å². The van der Waals surface area contributed by atoms with E-state index in [0.717, 1.165) is 39.1 Å². The van der Waals surface area contributed by atoms with Gasteiger partial charge in [0.25, 0.3) is 0 Å². The smallest absolute Gasteiger partial charge is 0.236 e. The van der Waals surface area contributed by atoms with E-state index in [9.17, 15) is 4.79 Å². The van der Waals surface area contributed by atoms with Gasteiger partial charge < -0.3 is 10.2 Å². The molecule has 1 aliphatic heterocycles. The molecular weight excluding hydrogens is 282 g/mol. The minimum atomic E-state index is -0.00723. The zero-order chi connectivity index (χ0) is 15.3. The van der Waals surface area contributed by atoms with Crippen molar-refractivity contribution in [2.75, 3.05) is 32.7 Å². The summed E-state index contributed by atoms with van der Waals surface area (Å²) in [5.41, 5.74) is -0.00723. The van der Waals surface area contributed by atoms with Gasteiger partial charge in [0, 0.05) is 43.1 Å². The first-order chi connectivity index (χ1) is 9.94. The van der Waals surface area contributed by atoms with Crippen LogP contribution in [0.25, 0.3) is 0 Å². The van der Waals surface area contributed by atoms with Crippen LogP contribution in [0.4, 0.5) is 0 Å². The van der Waals surface area contributed by atoms with E-state index in [1.54, 1.807) is 0 Å². The molecule has 118 valence electrons. The maximum Gasteiger partial charge on any atom is 0.236 e. The summed E-state index contributed by atoms with van der Waals surface area (Å²) in [5.74, 6) is 0.225. The van der Waals surface area contributed by atoms with Crippen LogP contribution in [0.15, 0.2) is 17.5 Å². The molecule has 4 nitrogen and oxygen atoms in total. The van der Waals surface area contributed by atoms with E-state index in [1.165, 1.54) is 4.88 Å². The third-order valence-electron chi connectivity index (χ3n) is 3.67. The summed E-state index contributed by atoms with van der Waals surface area (Å²) in [7, 11) is 0. The Bertz CT molecular complexity index is 439. The summed E-state index contributed by atoms with van der Waals surface area (Å²) in [4.78, 5) is 18.1. The van der Waals surface area contributed by atoms with Gasteiger partial charge in [0.1, 0.15) is 0 Å². The van der Waals surface area contributed by atoms with Gasteiger partial charge in [-0.3, -0.25) is 9.69 Å². The fourth-order valence-electron chi connectivity index (χ4n) is 2.45. The molecule has 1 aromatic rings. The Kier molecular flexibility index (Phi) is 5.79. The Hall–Kier alpha value is -0.910. The van der Waals surface area contributed by atoms with Crippen LogP contribution < -0.4 is 5.32 Å². The molecule has 1 fully saturated rings. The first-order valence-corrected chi connectivity index (χ1v) is 8.59. The molecule has 1 N–H and O–H groups in total. The SMILES string of the molecule is CC(C)(C)NCC(=O)N1CCCN(Cc2cccs2)CC1. The largest absolute Gasteiger partial charge is 0.340 e. The Balaban J connectivity index is 1.78. The van der Waals surface area contributed by atoms with Crippen molar-refractivity contribution in [3.8, 4) is 0 Å². The molecule has 2 rings (SSSR count). The van der Waals surface area contributed by atoms with Crippen molar-refractivity contribution in [1.82, 2.24) is 15.1 Å². The highest BCUT2D eigenvalue weighted by Gasteiger charge is 2.20. The second-order valence-electron chi connectivity index (χ2n) is 6.69. The predicted molar refractivity (Wildman–Crippen MR) is 88.5 cm³/mol. The zero-order valence-corrected chi connectivity index (χ0v) is 14.2. The molecule has 1 amide bonds. The van der Waals surface area contributed by atoms with Crippen LogP contribution in [-0.2, 0) is 11.3 Å². The summed E-state index contributed by atoms with van der Waals surface area (Å²) in [6.07, 6.45) is 1.06. The molecule has 1 aliphatic rings. The number of nitrogens with zero attached hydrogens (tertiary/aromatic N) is 2. The van der Waals surface area contributed by atoms with Crippen LogP contribution in [0.5, 0.6) is 0 Å². The highest BCUT2D eigenvalue weighted by molar-refractivity contribution is 7.09. The van der Waals surface area contributed by atoms with E-state index in [0.29, 0.717) is 6.54 Å². The standard InChI is InChI=1S/C16H27N3OS/c1-16(2,3)17-12-15(20)19-8-5-7-18(9-10-19)13-14-6-4-11-21-14/h4,6,11,17H,5,7-10,12-13H2,1-3H3. The molecule has 0 aromatic carbocycles. The molecule has 21 heavy (non-hydrogen) atoms. The van der Waals surface area contributed by atoms with Crippen LogP contribution in [0.1, 0.15) is 32.1 Å². The average molecular weight is 309 g/mol. The summed E-state index contributed by atoms with van der Waals surface area (Å²) in [5, 5.41) is 5.41. The summed E-state index contributed by atoms with van der Waals surface area (Å²) >= 11 is 1.81. The second kappa shape index (κ2) is 7.38. The van der Waals surface area contributed by atoms with Gasteiger partial charge in [-0.2, -0.15) is 0 Å². The number of thiophene rings is 1. The predicted octanol–water partition coefficient (Wildman–Crippen LogP) is 2.17. The van der Waals surface area contributed by atoms with Gasteiger partial charge in [0.05, 0.1) is 6.54 Å². The molecule has 1 aromatic heterocycles. The highest BCUT2D eigenvalue weighted by Crippen LogP contribution is 2.13. The summed E-state index contributed by atoms with van der Waals surface area (Å²) < 4.78 is 0. The van der Waals surface area contributed by atoms with Crippen molar-refractivity contribution in [3.63, 3.8) is 0 Å². The van der Waals surface area contributed by atoms with E-state index >= 15 is 0 Å². The lowest BCUT2D eigenvalue weighted by Gasteiger charge is -2.25. The fourth-order valence-corrected chi connectivity index (χ4v) is 3.20. The van der Waals surface area contributed by atoms with Crippen molar-refractivity contribution in [1.29, 1.82) is 0 Å². The fraction of sp³-hybridized carbons (Fsp3) is 0.688. The van der Waals surface area contributed by atoms with Gasteiger partial charge >= 0.3 is 0 Å². The van der Waals surface area contributed by atoms with Crippen molar-refractivity contribution in [2.45, 2.75) is 39.3 Å². The Morgan fingerprint density at radius 1 is 1.29 bits per heavy atom. The number of carbonyl (C=O) groups excluding carboxylic acids is 1. The first-order valence-electron chi connectivity index (χ1n) is 7.71. The van der Waals surface area contributed by atoms with Crippen LogP contribution in [0, 0.1) is 0 Å². The molecule has 5 heteroatoms. The molecular formula is C16H27N3OS. The third kappa shape index (κ3) is 5.77. The molecule has 0 atom stereocenters. The van der Waals surface area contributed by atoms with E-state index in [1.807, 2.05) is 16.2 Å². The molecule has 0 radical (unpaired) electrons. The highest BCUT2D eigenvalue weighted by atomic mass is 32.1. The number of amides is 1. The lowest BCUT2D eigenvalue weighted by atomic mass is 10.1. The van der Waals surface area contributed by atoms with Crippen molar-refractivity contribution in [3.05, 3.63) is 22.4 Å². The van der Waals surface area contributed by atoms with Crippen LogP contribution >= 0.6 is 11.3 Å². The Morgan fingerprint density at radius 2 is 2.10 bits per heavy atom. The van der Waals surface area contributed by atoms with Crippen LogP contribution in [-0.4, -0.2) is 54.0 Å².